The molecule has 0 spiro atoms. The predicted octanol–water partition coefficient (Wildman–Crippen LogP) is 1.88. The van der Waals surface area contributed by atoms with E-state index < -0.39 is 0 Å². The third-order valence-electron chi connectivity index (χ3n) is 4.29. The summed E-state index contributed by atoms with van der Waals surface area (Å²) < 4.78 is 0. The van der Waals surface area contributed by atoms with Crippen molar-refractivity contribution in [1.29, 1.82) is 0 Å². The van der Waals surface area contributed by atoms with Crippen LogP contribution in [0.25, 0.3) is 0 Å². The molecule has 1 aliphatic heterocycles. The first-order valence-electron chi connectivity index (χ1n) is 6.14. The fourth-order valence-electron chi connectivity index (χ4n) is 3.01. The van der Waals surface area contributed by atoms with Crippen molar-refractivity contribution in [2.45, 2.75) is 44.6 Å². The minimum atomic E-state index is 0.375. The molecule has 14 heavy (non-hydrogen) atoms. The number of hydrogen-bond donors (Lipinski definition) is 1. The average molecular weight is 197 g/mol. The minimum absolute atomic E-state index is 0.375. The van der Waals surface area contributed by atoms with E-state index in [1.165, 1.54) is 38.6 Å². The van der Waals surface area contributed by atoms with Gasteiger partial charge in [0.1, 0.15) is 0 Å². The molecular formula is C12H23NO. The zero-order valence-electron chi connectivity index (χ0n) is 9.28. The molecule has 1 aliphatic carbocycles. The van der Waals surface area contributed by atoms with Crippen LogP contribution in [-0.4, -0.2) is 36.2 Å². The van der Waals surface area contributed by atoms with Crippen molar-refractivity contribution >= 4 is 0 Å². The van der Waals surface area contributed by atoms with Gasteiger partial charge in [0.05, 0.1) is 0 Å². The predicted molar refractivity (Wildman–Crippen MR) is 58.2 cm³/mol. The molecule has 2 rings (SSSR count). The maximum atomic E-state index is 8.91. The highest BCUT2D eigenvalue weighted by Crippen LogP contribution is 2.41. The quantitative estimate of drug-likeness (QED) is 0.727. The van der Waals surface area contributed by atoms with Gasteiger partial charge in [0.25, 0.3) is 0 Å². The third kappa shape index (κ3) is 1.96. The normalized spacial score (nSPS) is 30.9. The van der Waals surface area contributed by atoms with Crippen LogP contribution in [0.3, 0.4) is 0 Å². The molecule has 2 heteroatoms. The molecule has 0 bridgehead atoms. The van der Waals surface area contributed by atoms with E-state index >= 15 is 0 Å². The highest BCUT2D eigenvalue weighted by molar-refractivity contribution is 4.91. The summed E-state index contributed by atoms with van der Waals surface area (Å²) in [5.41, 5.74) is 0. The Morgan fingerprint density at radius 1 is 1.36 bits per heavy atom. The first kappa shape index (κ1) is 10.4. The van der Waals surface area contributed by atoms with Crippen LogP contribution >= 0.6 is 0 Å². The molecule has 1 saturated heterocycles. The Bertz CT molecular complexity index is 179. The van der Waals surface area contributed by atoms with Gasteiger partial charge in [-0.05, 0) is 44.7 Å². The molecule has 0 amide bonds. The van der Waals surface area contributed by atoms with E-state index in [2.05, 4.69) is 11.9 Å². The smallest absolute Gasteiger partial charge is 0.0431 e. The van der Waals surface area contributed by atoms with Gasteiger partial charge in [-0.1, -0.05) is 19.3 Å². The maximum absolute atomic E-state index is 8.91. The minimum Gasteiger partial charge on any atom is -0.396 e. The first-order valence-corrected chi connectivity index (χ1v) is 6.14. The van der Waals surface area contributed by atoms with E-state index in [1.54, 1.807) is 0 Å². The number of likely N-dealkylation sites (tertiary alicyclic amines) is 1. The molecule has 1 saturated carbocycles. The molecular weight excluding hydrogens is 174 g/mol. The molecule has 0 aromatic heterocycles. The number of hydrogen-bond acceptors (Lipinski definition) is 2. The second-order valence-corrected chi connectivity index (χ2v) is 5.06. The van der Waals surface area contributed by atoms with E-state index in [-0.39, 0.29) is 0 Å². The number of aliphatic hydroxyl groups excluding tert-OH is 1. The van der Waals surface area contributed by atoms with E-state index in [9.17, 15) is 0 Å². The summed E-state index contributed by atoms with van der Waals surface area (Å²) in [6.07, 6.45) is 7.97. The standard InChI is InChI=1S/C12H23NO/c1-13-8-7-12(13)11(6-3-9-14)10-4-2-5-10/h10-12,14H,2-9H2,1H3. The van der Waals surface area contributed by atoms with Crippen molar-refractivity contribution in [3.05, 3.63) is 0 Å². The molecule has 2 nitrogen and oxygen atoms in total. The van der Waals surface area contributed by atoms with Crippen molar-refractivity contribution in [3.63, 3.8) is 0 Å². The van der Waals surface area contributed by atoms with Gasteiger partial charge in [0.2, 0.25) is 0 Å². The molecule has 0 aromatic rings. The van der Waals surface area contributed by atoms with E-state index in [0.29, 0.717) is 6.61 Å². The molecule has 2 fully saturated rings. The van der Waals surface area contributed by atoms with Crippen molar-refractivity contribution in [2.75, 3.05) is 20.2 Å². The third-order valence-corrected chi connectivity index (χ3v) is 4.29. The van der Waals surface area contributed by atoms with Gasteiger partial charge in [-0.3, -0.25) is 0 Å². The molecule has 1 heterocycles. The summed E-state index contributed by atoms with van der Waals surface area (Å²) >= 11 is 0. The van der Waals surface area contributed by atoms with Gasteiger partial charge in [0.15, 0.2) is 0 Å². The average Bonchev–Trinajstić information content (AvgIpc) is 2.08. The highest BCUT2D eigenvalue weighted by atomic mass is 16.2. The molecule has 2 atom stereocenters. The Labute approximate surface area is 87.3 Å². The zero-order valence-corrected chi connectivity index (χ0v) is 9.28. The van der Waals surface area contributed by atoms with Crippen LogP contribution in [0.5, 0.6) is 0 Å². The fourth-order valence-corrected chi connectivity index (χ4v) is 3.01. The van der Waals surface area contributed by atoms with Crippen molar-refractivity contribution in [1.82, 2.24) is 4.90 Å². The first-order chi connectivity index (χ1) is 6.83. The molecule has 2 aliphatic rings. The second-order valence-electron chi connectivity index (χ2n) is 5.06. The van der Waals surface area contributed by atoms with Crippen molar-refractivity contribution < 1.29 is 5.11 Å². The Morgan fingerprint density at radius 3 is 2.50 bits per heavy atom. The number of rotatable bonds is 5. The fraction of sp³-hybridized carbons (Fsp3) is 1.00. The molecule has 0 aromatic carbocycles. The second kappa shape index (κ2) is 4.63. The van der Waals surface area contributed by atoms with Crippen molar-refractivity contribution in [3.8, 4) is 0 Å². The lowest BCUT2D eigenvalue weighted by Crippen LogP contribution is -2.52. The largest absolute Gasteiger partial charge is 0.396 e. The number of nitrogens with zero attached hydrogens (tertiary/aromatic N) is 1. The zero-order chi connectivity index (χ0) is 9.97. The molecule has 2 unspecified atom stereocenters. The summed E-state index contributed by atoms with van der Waals surface area (Å²) in [6.45, 7) is 1.66. The van der Waals surface area contributed by atoms with Gasteiger partial charge in [-0.2, -0.15) is 0 Å². The Morgan fingerprint density at radius 2 is 2.14 bits per heavy atom. The Balaban J connectivity index is 1.84. The van der Waals surface area contributed by atoms with Crippen LogP contribution in [0.15, 0.2) is 0 Å². The van der Waals surface area contributed by atoms with Gasteiger partial charge in [-0.25, -0.2) is 0 Å². The SMILES string of the molecule is CN1CCC1C(CCCO)C1CCC1. The summed E-state index contributed by atoms with van der Waals surface area (Å²) in [5, 5.41) is 8.91. The van der Waals surface area contributed by atoms with Gasteiger partial charge < -0.3 is 10.0 Å². The van der Waals surface area contributed by atoms with Crippen LogP contribution in [-0.2, 0) is 0 Å². The highest BCUT2D eigenvalue weighted by Gasteiger charge is 2.38. The van der Waals surface area contributed by atoms with Crippen LogP contribution < -0.4 is 0 Å². The van der Waals surface area contributed by atoms with Gasteiger partial charge >= 0.3 is 0 Å². The summed E-state index contributed by atoms with van der Waals surface area (Å²) in [5.74, 6) is 1.86. The Hall–Kier alpha value is -0.0800. The molecule has 0 radical (unpaired) electrons. The van der Waals surface area contributed by atoms with Crippen LogP contribution in [0.4, 0.5) is 0 Å². The van der Waals surface area contributed by atoms with Crippen LogP contribution in [0.1, 0.15) is 38.5 Å². The Kier molecular flexibility index (Phi) is 3.45. The van der Waals surface area contributed by atoms with E-state index in [4.69, 9.17) is 5.11 Å². The lowest BCUT2D eigenvalue weighted by molar-refractivity contribution is 0.0154. The van der Waals surface area contributed by atoms with Crippen LogP contribution in [0, 0.1) is 11.8 Å². The van der Waals surface area contributed by atoms with Gasteiger partial charge in [0, 0.05) is 12.6 Å². The van der Waals surface area contributed by atoms with E-state index in [0.717, 1.165) is 24.3 Å². The number of aliphatic hydroxyl groups is 1. The van der Waals surface area contributed by atoms with Crippen LogP contribution in [0.2, 0.25) is 0 Å². The summed E-state index contributed by atoms with van der Waals surface area (Å²) in [6, 6.07) is 0.840. The monoisotopic (exact) mass is 197 g/mol. The summed E-state index contributed by atoms with van der Waals surface area (Å²) in [4.78, 5) is 2.50. The van der Waals surface area contributed by atoms with E-state index in [1.807, 2.05) is 0 Å². The van der Waals surface area contributed by atoms with Crippen molar-refractivity contribution in [2.24, 2.45) is 11.8 Å². The summed E-state index contributed by atoms with van der Waals surface area (Å²) in [7, 11) is 2.25. The molecule has 82 valence electrons. The lowest BCUT2D eigenvalue weighted by atomic mass is 9.68. The lowest BCUT2D eigenvalue weighted by Gasteiger charge is -2.48. The maximum Gasteiger partial charge on any atom is 0.0431 e. The topological polar surface area (TPSA) is 23.5 Å². The van der Waals surface area contributed by atoms with Gasteiger partial charge in [-0.15, -0.1) is 0 Å². The molecule has 1 N–H and O–H groups in total.